The van der Waals surface area contributed by atoms with Crippen LogP contribution in [-0.4, -0.2) is 17.0 Å². The molecule has 0 atom stereocenters. The van der Waals surface area contributed by atoms with Crippen molar-refractivity contribution in [3.05, 3.63) is 29.6 Å². The summed E-state index contributed by atoms with van der Waals surface area (Å²) in [6.45, 7) is 3.20. The summed E-state index contributed by atoms with van der Waals surface area (Å²) in [5.74, 6) is -0.445. The molecule has 6 heteroatoms. The average Bonchev–Trinajstić information content (AvgIpc) is 2.84. The summed E-state index contributed by atoms with van der Waals surface area (Å²) < 4.78 is 1.16. The maximum Gasteiger partial charge on any atom is 0.237 e. The summed E-state index contributed by atoms with van der Waals surface area (Å²) >= 11 is 1.64. The second-order valence-electron chi connectivity index (χ2n) is 4.74. The van der Waals surface area contributed by atoms with Gasteiger partial charge in [-0.2, -0.15) is 0 Å². The zero-order valence-corrected chi connectivity index (χ0v) is 11.5. The first-order valence-electron chi connectivity index (χ1n) is 5.72. The minimum Gasteiger partial charge on any atom is -0.409 e. The van der Waals surface area contributed by atoms with E-state index in [4.69, 9.17) is 10.9 Å². The molecule has 5 nitrogen and oxygen atoms in total. The predicted molar refractivity (Wildman–Crippen MR) is 77.6 cm³/mol. The van der Waals surface area contributed by atoms with Gasteiger partial charge in [0.15, 0.2) is 5.84 Å². The summed E-state index contributed by atoms with van der Waals surface area (Å²) in [5.41, 5.74) is 5.14. The van der Waals surface area contributed by atoms with Crippen LogP contribution in [0.5, 0.6) is 0 Å². The third-order valence-corrected chi connectivity index (χ3v) is 3.92. The van der Waals surface area contributed by atoms with Crippen molar-refractivity contribution in [3.63, 3.8) is 0 Å². The Balaban J connectivity index is 2.23. The molecule has 0 radical (unpaired) electrons. The van der Waals surface area contributed by atoms with Crippen LogP contribution in [0.4, 0.5) is 5.69 Å². The lowest BCUT2D eigenvalue weighted by Crippen LogP contribution is -2.42. The molecule has 1 aromatic heterocycles. The molecule has 0 bridgehead atoms. The minimum atomic E-state index is -1.07. The van der Waals surface area contributed by atoms with E-state index in [0.29, 0.717) is 5.69 Å². The van der Waals surface area contributed by atoms with E-state index in [-0.39, 0.29) is 11.7 Å². The number of nitrogens with one attached hydrogen (secondary N) is 1. The van der Waals surface area contributed by atoms with Crippen molar-refractivity contribution >= 4 is 38.9 Å². The molecule has 1 amide bonds. The number of rotatable bonds is 3. The van der Waals surface area contributed by atoms with E-state index in [1.165, 1.54) is 0 Å². The van der Waals surface area contributed by atoms with Crippen LogP contribution in [0.3, 0.4) is 0 Å². The van der Waals surface area contributed by atoms with Gasteiger partial charge in [0.05, 0.1) is 0 Å². The van der Waals surface area contributed by atoms with E-state index in [1.807, 2.05) is 29.6 Å². The number of benzene rings is 1. The van der Waals surface area contributed by atoms with E-state index in [2.05, 4.69) is 10.5 Å². The van der Waals surface area contributed by atoms with Crippen molar-refractivity contribution in [2.75, 3.05) is 5.32 Å². The summed E-state index contributed by atoms with van der Waals surface area (Å²) in [6.07, 6.45) is 0. The Morgan fingerprint density at radius 2 is 2.16 bits per heavy atom. The standard InChI is InChI=1S/C13H15N3O2S/c1-13(2,11(14)16-18)12(17)15-9-3-4-10-8(7-9)5-6-19-10/h3-7,18H,1-2H3,(H2,14,16)(H,15,17). The Morgan fingerprint density at radius 1 is 1.42 bits per heavy atom. The van der Waals surface area contributed by atoms with Gasteiger partial charge in [0.1, 0.15) is 5.41 Å². The molecule has 0 spiro atoms. The van der Waals surface area contributed by atoms with Gasteiger partial charge in [-0.3, -0.25) is 4.79 Å². The Kier molecular flexibility index (Phi) is 3.44. The number of nitrogens with zero attached hydrogens (tertiary/aromatic N) is 1. The second kappa shape index (κ2) is 4.89. The van der Waals surface area contributed by atoms with Crippen molar-refractivity contribution < 1.29 is 10.0 Å². The van der Waals surface area contributed by atoms with Gasteiger partial charge in [0.2, 0.25) is 5.91 Å². The molecule has 0 fully saturated rings. The lowest BCUT2D eigenvalue weighted by molar-refractivity contribution is -0.121. The van der Waals surface area contributed by atoms with Gasteiger partial charge in [-0.1, -0.05) is 5.16 Å². The largest absolute Gasteiger partial charge is 0.409 e. The van der Waals surface area contributed by atoms with Gasteiger partial charge < -0.3 is 16.3 Å². The number of amidine groups is 1. The molecule has 0 aliphatic heterocycles. The predicted octanol–water partition coefficient (Wildman–Crippen LogP) is 2.61. The number of anilines is 1. The number of hydrogen-bond acceptors (Lipinski definition) is 4. The number of nitrogens with two attached hydrogens (primary N) is 1. The molecule has 0 aliphatic carbocycles. The smallest absolute Gasteiger partial charge is 0.237 e. The maximum atomic E-state index is 12.1. The molecule has 100 valence electrons. The highest BCUT2D eigenvalue weighted by Gasteiger charge is 2.32. The lowest BCUT2D eigenvalue weighted by atomic mass is 9.91. The highest BCUT2D eigenvalue weighted by Crippen LogP contribution is 2.25. The highest BCUT2D eigenvalue weighted by atomic mass is 32.1. The fourth-order valence-corrected chi connectivity index (χ4v) is 2.34. The van der Waals surface area contributed by atoms with Crippen LogP contribution >= 0.6 is 11.3 Å². The third kappa shape index (κ3) is 2.53. The zero-order chi connectivity index (χ0) is 14.0. The fraction of sp³-hybridized carbons (Fsp3) is 0.231. The number of fused-ring (bicyclic) bond motifs is 1. The zero-order valence-electron chi connectivity index (χ0n) is 10.7. The van der Waals surface area contributed by atoms with Gasteiger partial charge in [0, 0.05) is 10.4 Å². The summed E-state index contributed by atoms with van der Waals surface area (Å²) in [4.78, 5) is 12.1. The van der Waals surface area contributed by atoms with Crippen molar-refractivity contribution in [3.8, 4) is 0 Å². The molecule has 1 aromatic carbocycles. The van der Waals surface area contributed by atoms with Gasteiger partial charge in [-0.25, -0.2) is 0 Å². The molecule has 4 N–H and O–H groups in total. The summed E-state index contributed by atoms with van der Waals surface area (Å²) in [5, 5.41) is 17.4. The van der Waals surface area contributed by atoms with Gasteiger partial charge >= 0.3 is 0 Å². The monoisotopic (exact) mass is 277 g/mol. The van der Waals surface area contributed by atoms with Gasteiger partial charge in [-0.05, 0) is 48.9 Å². The Labute approximate surface area is 114 Å². The van der Waals surface area contributed by atoms with Crippen molar-refractivity contribution in [1.29, 1.82) is 0 Å². The molecule has 0 unspecified atom stereocenters. The summed E-state index contributed by atoms with van der Waals surface area (Å²) in [7, 11) is 0. The average molecular weight is 277 g/mol. The number of carbonyl (C=O) groups excluding carboxylic acids is 1. The molecule has 1 heterocycles. The van der Waals surface area contributed by atoms with E-state index >= 15 is 0 Å². The van der Waals surface area contributed by atoms with E-state index < -0.39 is 5.41 Å². The molecule has 2 aromatic rings. The van der Waals surface area contributed by atoms with Crippen LogP contribution in [-0.2, 0) is 4.79 Å². The van der Waals surface area contributed by atoms with Crippen LogP contribution < -0.4 is 11.1 Å². The second-order valence-corrected chi connectivity index (χ2v) is 5.69. The Hall–Kier alpha value is -2.08. The number of amides is 1. The number of carbonyl (C=O) groups is 1. The molecule has 0 saturated heterocycles. The van der Waals surface area contributed by atoms with Crippen molar-refractivity contribution in [2.24, 2.45) is 16.3 Å². The Bertz CT molecular complexity index is 646. The van der Waals surface area contributed by atoms with Crippen LogP contribution in [0.15, 0.2) is 34.8 Å². The van der Waals surface area contributed by atoms with E-state index in [0.717, 1.165) is 10.1 Å². The van der Waals surface area contributed by atoms with Gasteiger partial charge in [0.25, 0.3) is 0 Å². The first-order valence-corrected chi connectivity index (χ1v) is 6.60. The topological polar surface area (TPSA) is 87.7 Å². The SMILES string of the molecule is CC(C)(C(=O)Nc1ccc2sccc2c1)C(N)=NO. The van der Waals surface area contributed by atoms with Crippen LogP contribution in [0.2, 0.25) is 0 Å². The third-order valence-electron chi connectivity index (χ3n) is 3.03. The van der Waals surface area contributed by atoms with Crippen molar-refractivity contribution in [1.82, 2.24) is 0 Å². The normalized spacial score (nSPS) is 12.6. The molecule has 0 aliphatic rings. The molecular weight excluding hydrogens is 262 g/mol. The maximum absolute atomic E-state index is 12.1. The number of hydrogen-bond donors (Lipinski definition) is 3. The van der Waals surface area contributed by atoms with Crippen LogP contribution in [0.1, 0.15) is 13.8 Å². The molecule has 0 saturated carbocycles. The van der Waals surface area contributed by atoms with Crippen LogP contribution in [0, 0.1) is 5.41 Å². The first-order chi connectivity index (χ1) is 8.95. The van der Waals surface area contributed by atoms with Crippen LogP contribution in [0.25, 0.3) is 10.1 Å². The quantitative estimate of drug-likeness (QED) is 0.349. The van der Waals surface area contributed by atoms with Gasteiger partial charge in [-0.15, -0.1) is 11.3 Å². The van der Waals surface area contributed by atoms with E-state index in [1.54, 1.807) is 25.2 Å². The minimum absolute atomic E-state index is 0.124. The molecule has 19 heavy (non-hydrogen) atoms. The molecular formula is C13H15N3O2S. The first kappa shape index (κ1) is 13.4. The summed E-state index contributed by atoms with van der Waals surface area (Å²) in [6, 6.07) is 7.67. The molecule has 2 rings (SSSR count). The van der Waals surface area contributed by atoms with Crippen molar-refractivity contribution in [2.45, 2.75) is 13.8 Å². The lowest BCUT2D eigenvalue weighted by Gasteiger charge is -2.21. The fourth-order valence-electron chi connectivity index (χ4n) is 1.57. The number of oxime groups is 1. The van der Waals surface area contributed by atoms with E-state index in [9.17, 15) is 4.79 Å². The Morgan fingerprint density at radius 3 is 2.84 bits per heavy atom. The number of thiophene rings is 1. The highest BCUT2D eigenvalue weighted by molar-refractivity contribution is 7.17.